The number of amides is 1. The molecule has 36 heavy (non-hydrogen) atoms. The van der Waals surface area contributed by atoms with Gasteiger partial charge in [0.05, 0.1) is 17.2 Å². The van der Waals surface area contributed by atoms with Gasteiger partial charge in [-0.3, -0.25) is 9.78 Å². The molecule has 0 unspecified atom stereocenters. The smallest absolute Gasteiger partial charge is 0.545 e. The van der Waals surface area contributed by atoms with Gasteiger partial charge >= 0.3 is 35.9 Å². The van der Waals surface area contributed by atoms with Crippen LogP contribution in [0.15, 0.2) is 91.3 Å². The van der Waals surface area contributed by atoms with Gasteiger partial charge in [-0.15, -0.1) is 13.2 Å². The van der Waals surface area contributed by atoms with Crippen LogP contribution in [0, 0.1) is 0 Å². The number of halogens is 3. The number of aromatic nitrogens is 1. The number of anilines is 1. The average Bonchev–Trinajstić information content (AvgIpc) is 2.83. The summed E-state index contributed by atoms with van der Waals surface area (Å²) < 4.78 is 41.7. The van der Waals surface area contributed by atoms with Crippen molar-refractivity contribution >= 4 is 17.6 Å². The number of hydrogen-bond donors (Lipinski definition) is 1. The third-order valence-corrected chi connectivity index (χ3v) is 5.00. The van der Waals surface area contributed by atoms with Gasteiger partial charge in [0, 0.05) is 23.5 Å². The number of hydrogen-bond acceptors (Lipinski definition) is 5. The predicted octanol–water partition coefficient (Wildman–Crippen LogP) is 1.93. The van der Waals surface area contributed by atoms with Crippen molar-refractivity contribution in [2.24, 2.45) is 0 Å². The van der Waals surface area contributed by atoms with Crippen LogP contribution in [0.1, 0.15) is 20.7 Å². The number of ether oxygens (including phenoxy) is 1. The van der Waals surface area contributed by atoms with Crippen molar-refractivity contribution in [1.82, 2.24) is 4.98 Å². The minimum absolute atomic E-state index is 0. The Bertz CT molecular complexity index is 1400. The molecule has 1 amide bonds. The maximum atomic E-state index is 12.9. The number of nitrogens with one attached hydrogen (secondary N) is 1. The van der Waals surface area contributed by atoms with Crippen LogP contribution in [0.2, 0.25) is 0 Å². The first-order chi connectivity index (χ1) is 16.7. The Morgan fingerprint density at radius 3 is 2.19 bits per heavy atom. The zero-order valence-electron chi connectivity index (χ0n) is 18.9. The van der Waals surface area contributed by atoms with Crippen molar-refractivity contribution in [3.8, 4) is 28.0 Å². The van der Waals surface area contributed by atoms with E-state index in [1.54, 1.807) is 12.3 Å². The Morgan fingerprint density at radius 2 is 1.50 bits per heavy atom. The van der Waals surface area contributed by atoms with Crippen LogP contribution in [0.25, 0.3) is 22.3 Å². The molecule has 10 heteroatoms. The fraction of sp³-hybridized carbons (Fsp3) is 0.0385. The Kier molecular flexibility index (Phi) is 8.52. The Morgan fingerprint density at radius 1 is 0.806 bits per heavy atom. The Labute approximate surface area is 226 Å². The predicted molar refractivity (Wildman–Crippen MR) is 121 cm³/mol. The van der Waals surface area contributed by atoms with E-state index in [1.165, 1.54) is 36.5 Å². The van der Waals surface area contributed by atoms with E-state index in [9.17, 15) is 27.9 Å². The molecule has 0 radical (unpaired) electrons. The summed E-state index contributed by atoms with van der Waals surface area (Å²) in [5.74, 6) is -2.59. The van der Waals surface area contributed by atoms with Crippen LogP contribution < -0.4 is 44.7 Å². The van der Waals surface area contributed by atoms with Crippen molar-refractivity contribution in [3.05, 3.63) is 102 Å². The number of carboxylic acids is 1. The van der Waals surface area contributed by atoms with Gasteiger partial charge in [0.1, 0.15) is 5.75 Å². The fourth-order valence-corrected chi connectivity index (χ4v) is 3.43. The van der Waals surface area contributed by atoms with E-state index in [0.717, 1.165) is 17.7 Å². The number of rotatable bonds is 6. The minimum Gasteiger partial charge on any atom is -0.545 e. The van der Waals surface area contributed by atoms with Crippen LogP contribution in [0.3, 0.4) is 0 Å². The molecule has 1 aromatic heterocycles. The number of pyridine rings is 1. The molecule has 0 aliphatic rings. The molecule has 0 bridgehead atoms. The second-order valence-corrected chi connectivity index (χ2v) is 7.41. The number of benzene rings is 3. The van der Waals surface area contributed by atoms with Gasteiger partial charge in [0.25, 0.3) is 5.91 Å². The molecule has 4 aromatic rings. The summed E-state index contributed by atoms with van der Waals surface area (Å²) in [7, 11) is 0. The van der Waals surface area contributed by atoms with Crippen LogP contribution >= 0.6 is 0 Å². The summed E-state index contributed by atoms with van der Waals surface area (Å²) in [5.41, 5.74) is 2.01. The van der Waals surface area contributed by atoms with Crippen LogP contribution in [-0.4, -0.2) is 23.2 Å². The van der Waals surface area contributed by atoms with Crippen molar-refractivity contribution in [3.63, 3.8) is 0 Å². The number of carbonyl (C=O) groups excluding carboxylic acids is 2. The van der Waals surface area contributed by atoms with Crippen LogP contribution in [-0.2, 0) is 0 Å². The molecule has 0 saturated carbocycles. The van der Waals surface area contributed by atoms with Crippen molar-refractivity contribution in [1.29, 1.82) is 0 Å². The summed E-state index contributed by atoms with van der Waals surface area (Å²) in [6.07, 6.45) is -1.93. The third-order valence-electron chi connectivity index (χ3n) is 5.00. The molecule has 0 fully saturated rings. The molecule has 1 heterocycles. The van der Waals surface area contributed by atoms with Gasteiger partial charge in [-0.1, -0.05) is 54.6 Å². The monoisotopic (exact) mass is 500 g/mol. The number of nitrogens with zero attached hydrogens (tertiary/aromatic N) is 1. The molecule has 1 N–H and O–H groups in total. The van der Waals surface area contributed by atoms with Gasteiger partial charge in [-0.05, 0) is 41.0 Å². The SMILES string of the molecule is O=C(Nc1cc(-c2cccc(OC(F)(F)F)c2)ccc1C(=O)[O-])c1cncc(-c2ccccc2)c1.[Na+]. The van der Waals surface area contributed by atoms with E-state index in [0.29, 0.717) is 16.7 Å². The number of alkyl halides is 3. The van der Waals surface area contributed by atoms with Gasteiger partial charge in [0.2, 0.25) is 0 Å². The quantitative estimate of drug-likeness (QED) is 0.409. The van der Waals surface area contributed by atoms with E-state index in [1.807, 2.05) is 30.3 Å². The number of carboxylic acid groups (broad SMARTS) is 1. The third kappa shape index (κ3) is 6.72. The van der Waals surface area contributed by atoms with E-state index >= 15 is 0 Å². The molecule has 0 aliphatic heterocycles. The average molecular weight is 500 g/mol. The molecule has 0 aliphatic carbocycles. The Balaban J connectivity index is 0.00000361. The maximum Gasteiger partial charge on any atom is 1.00 e. The second kappa shape index (κ2) is 11.4. The van der Waals surface area contributed by atoms with E-state index in [2.05, 4.69) is 15.0 Å². The van der Waals surface area contributed by atoms with Gasteiger partial charge in [0.15, 0.2) is 0 Å². The largest absolute Gasteiger partial charge is 1.00 e. The van der Waals surface area contributed by atoms with Crippen LogP contribution in [0.5, 0.6) is 5.75 Å². The van der Waals surface area contributed by atoms with E-state index < -0.39 is 24.0 Å². The normalized spacial score (nSPS) is 10.8. The first-order valence-corrected chi connectivity index (χ1v) is 10.2. The summed E-state index contributed by atoms with van der Waals surface area (Å²) in [4.78, 5) is 28.6. The summed E-state index contributed by atoms with van der Waals surface area (Å²) >= 11 is 0. The minimum atomic E-state index is -4.86. The van der Waals surface area contributed by atoms with Crippen molar-refractivity contribution in [2.75, 3.05) is 5.32 Å². The van der Waals surface area contributed by atoms with Crippen molar-refractivity contribution < 1.29 is 62.2 Å². The van der Waals surface area contributed by atoms with Gasteiger partial charge < -0.3 is 20.0 Å². The zero-order valence-corrected chi connectivity index (χ0v) is 20.9. The first-order valence-electron chi connectivity index (χ1n) is 10.2. The summed E-state index contributed by atoms with van der Waals surface area (Å²) in [6, 6.07) is 20.0. The molecular weight excluding hydrogens is 484 g/mol. The molecule has 4 rings (SSSR count). The summed E-state index contributed by atoms with van der Waals surface area (Å²) in [5, 5.41) is 14.2. The molecular formula is C26H16F3N2NaO4. The molecule has 3 aromatic carbocycles. The first kappa shape index (κ1) is 26.9. The molecule has 0 atom stereocenters. The molecule has 6 nitrogen and oxygen atoms in total. The summed E-state index contributed by atoms with van der Waals surface area (Å²) in [6.45, 7) is 0. The van der Waals surface area contributed by atoms with Gasteiger partial charge in [-0.2, -0.15) is 0 Å². The molecule has 0 spiro atoms. The molecule has 0 saturated heterocycles. The topological polar surface area (TPSA) is 91.3 Å². The zero-order chi connectivity index (χ0) is 25.0. The van der Waals surface area contributed by atoms with Crippen molar-refractivity contribution in [2.45, 2.75) is 6.36 Å². The fourth-order valence-electron chi connectivity index (χ4n) is 3.43. The number of carbonyl (C=O) groups is 2. The number of aromatic carboxylic acids is 1. The second-order valence-electron chi connectivity index (χ2n) is 7.41. The Hall–Kier alpha value is -3.66. The molecule has 176 valence electrons. The van der Waals surface area contributed by atoms with E-state index in [-0.39, 0.29) is 46.4 Å². The van der Waals surface area contributed by atoms with Gasteiger partial charge in [-0.25, -0.2) is 0 Å². The standard InChI is InChI=1S/C26H17F3N2O4.Na/c27-26(28,29)35-21-8-4-7-17(12-21)18-9-10-22(25(33)34)23(13-18)31-24(32)20-11-19(14-30-15-20)16-5-2-1-3-6-16;/h1-15H,(H,31,32)(H,33,34);/q;+1/p-1. The maximum absolute atomic E-state index is 12.9. The van der Waals surface area contributed by atoms with E-state index in [4.69, 9.17) is 0 Å². The van der Waals surface area contributed by atoms with Crippen LogP contribution in [0.4, 0.5) is 18.9 Å².